The summed E-state index contributed by atoms with van der Waals surface area (Å²) >= 11 is 5.54. The lowest BCUT2D eigenvalue weighted by Crippen LogP contribution is -2.09. The van der Waals surface area contributed by atoms with Crippen molar-refractivity contribution >= 4 is 17.6 Å². The third-order valence-corrected chi connectivity index (χ3v) is 2.14. The van der Waals surface area contributed by atoms with Gasteiger partial charge in [-0.3, -0.25) is 4.79 Å². The Labute approximate surface area is 91.4 Å². The van der Waals surface area contributed by atoms with Crippen LogP contribution in [0.2, 0.25) is 5.02 Å². The smallest absolute Gasteiger partial charge is 0.308 e. The number of aliphatic hydroxyl groups is 1. The van der Waals surface area contributed by atoms with Crippen molar-refractivity contribution in [2.24, 2.45) is 0 Å². The quantitative estimate of drug-likeness (QED) is 0.812. The molecule has 0 aromatic heterocycles. The lowest BCUT2D eigenvalue weighted by atomic mass is 10.1. The number of carbonyl (C=O) groups excluding carboxylic acids is 1. The van der Waals surface area contributed by atoms with Crippen molar-refractivity contribution in [1.82, 2.24) is 0 Å². The third kappa shape index (κ3) is 3.18. The topological polar surface area (TPSA) is 46.5 Å². The molecular formula is C10H10ClFO3. The molecule has 0 unspecified atom stereocenters. The molecule has 0 saturated carbocycles. The Hall–Kier alpha value is -1.13. The number of methoxy groups -OCH3 is 1. The minimum Gasteiger partial charge on any atom is -0.469 e. The van der Waals surface area contributed by atoms with Gasteiger partial charge in [0.05, 0.1) is 19.6 Å². The van der Waals surface area contributed by atoms with Gasteiger partial charge >= 0.3 is 5.97 Å². The number of aliphatic hydroxyl groups excluding tert-OH is 1. The van der Waals surface area contributed by atoms with Gasteiger partial charge in [-0.25, -0.2) is 4.39 Å². The largest absolute Gasteiger partial charge is 0.469 e. The number of carbonyl (C=O) groups is 1. The molecule has 1 aromatic rings. The number of benzene rings is 1. The summed E-state index contributed by atoms with van der Waals surface area (Å²) in [4.78, 5) is 10.8. The maximum Gasteiger partial charge on any atom is 0.308 e. The Morgan fingerprint density at radius 1 is 1.67 bits per heavy atom. The molecule has 1 rings (SSSR count). The van der Waals surface area contributed by atoms with Gasteiger partial charge in [-0.2, -0.15) is 0 Å². The van der Waals surface area contributed by atoms with Gasteiger partial charge in [-0.05, 0) is 12.1 Å². The fourth-order valence-electron chi connectivity index (χ4n) is 1.12. The zero-order valence-corrected chi connectivity index (χ0v) is 8.79. The highest BCUT2D eigenvalue weighted by Gasteiger charge is 2.17. The van der Waals surface area contributed by atoms with E-state index in [1.165, 1.54) is 19.2 Å². The molecule has 5 heteroatoms. The molecule has 15 heavy (non-hydrogen) atoms. The SMILES string of the molecule is COC(=O)C[C@@H](O)c1ccc(Cl)cc1F. The number of esters is 1. The number of hydrogen-bond donors (Lipinski definition) is 1. The molecule has 1 atom stereocenters. The molecule has 1 N–H and O–H groups in total. The van der Waals surface area contributed by atoms with Gasteiger partial charge in [0.2, 0.25) is 0 Å². The fraction of sp³-hybridized carbons (Fsp3) is 0.300. The lowest BCUT2D eigenvalue weighted by molar-refractivity contribution is -0.142. The van der Waals surface area contributed by atoms with E-state index in [1.807, 2.05) is 0 Å². The first-order valence-corrected chi connectivity index (χ1v) is 4.62. The van der Waals surface area contributed by atoms with Crippen LogP contribution in [0.5, 0.6) is 0 Å². The molecule has 0 amide bonds. The van der Waals surface area contributed by atoms with Gasteiger partial charge in [0, 0.05) is 10.6 Å². The second-order valence-electron chi connectivity index (χ2n) is 2.96. The third-order valence-electron chi connectivity index (χ3n) is 1.91. The second kappa shape index (κ2) is 5.09. The van der Waals surface area contributed by atoms with Gasteiger partial charge in [0.25, 0.3) is 0 Å². The van der Waals surface area contributed by atoms with Crippen LogP contribution in [-0.4, -0.2) is 18.2 Å². The normalized spacial score (nSPS) is 12.3. The van der Waals surface area contributed by atoms with Crippen molar-refractivity contribution < 1.29 is 19.0 Å². The van der Waals surface area contributed by atoms with E-state index in [-0.39, 0.29) is 17.0 Å². The molecule has 0 aliphatic heterocycles. The van der Waals surface area contributed by atoms with Crippen LogP contribution in [0.4, 0.5) is 4.39 Å². The molecule has 82 valence electrons. The Morgan fingerprint density at radius 2 is 2.33 bits per heavy atom. The highest BCUT2D eigenvalue weighted by molar-refractivity contribution is 6.30. The standard InChI is InChI=1S/C10H10ClFO3/c1-15-10(14)5-9(13)7-3-2-6(11)4-8(7)12/h2-4,9,13H,5H2,1H3/t9-/m1/s1. The molecule has 0 aliphatic carbocycles. The van der Waals surface area contributed by atoms with E-state index in [9.17, 15) is 14.3 Å². The van der Waals surface area contributed by atoms with Gasteiger partial charge in [0.15, 0.2) is 0 Å². The van der Waals surface area contributed by atoms with Crippen molar-refractivity contribution in [2.45, 2.75) is 12.5 Å². The maximum atomic E-state index is 13.3. The first-order valence-electron chi connectivity index (χ1n) is 4.24. The zero-order valence-electron chi connectivity index (χ0n) is 8.04. The van der Waals surface area contributed by atoms with Crippen molar-refractivity contribution in [2.75, 3.05) is 7.11 Å². The number of rotatable bonds is 3. The average molecular weight is 233 g/mol. The van der Waals surface area contributed by atoms with E-state index in [0.717, 1.165) is 6.07 Å². The molecule has 0 fully saturated rings. The monoisotopic (exact) mass is 232 g/mol. The molecule has 0 spiro atoms. The molecule has 1 aromatic carbocycles. The Kier molecular flexibility index (Phi) is 4.05. The summed E-state index contributed by atoms with van der Waals surface area (Å²) in [6.45, 7) is 0. The number of halogens is 2. The fourth-order valence-corrected chi connectivity index (χ4v) is 1.28. The van der Waals surface area contributed by atoms with Crippen LogP contribution in [0, 0.1) is 5.82 Å². The zero-order chi connectivity index (χ0) is 11.4. The predicted molar refractivity (Wildman–Crippen MR) is 53.0 cm³/mol. The minimum absolute atomic E-state index is 0.0322. The van der Waals surface area contributed by atoms with E-state index >= 15 is 0 Å². The lowest BCUT2D eigenvalue weighted by Gasteiger charge is -2.10. The van der Waals surface area contributed by atoms with Gasteiger partial charge in [-0.1, -0.05) is 17.7 Å². The molecule has 0 saturated heterocycles. The van der Waals surface area contributed by atoms with Crippen molar-refractivity contribution in [3.05, 3.63) is 34.6 Å². The average Bonchev–Trinajstić information content (AvgIpc) is 2.17. The van der Waals surface area contributed by atoms with Crippen LogP contribution < -0.4 is 0 Å². The Balaban J connectivity index is 2.82. The summed E-state index contributed by atoms with van der Waals surface area (Å²) in [6.07, 6.45) is -1.50. The van der Waals surface area contributed by atoms with Crippen LogP contribution in [0.3, 0.4) is 0 Å². The van der Waals surface area contributed by atoms with Gasteiger partial charge in [0.1, 0.15) is 5.82 Å². The van der Waals surface area contributed by atoms with Crippen molar-refractivity contribution in [3.8, 4) is 0 Å². The summed E-state index contributed by atoms with van der Waals surface area (Å²) in [7, 11) is 1.20. The molecule has 3 nitrogen and oxygen atoms in total. The first kappa shape index (κ1) is 11.9. The van der Waals surface area contributed by atoms with Crippen LogP contribution in [0.25, 0.3) is 0 Å². The summed E-state index contributed by atoms with van der Waals surface area (Å²) in [5.41, 5.74) is 0.0322. The number of hydrogen-bond acceptors (Lipinski definition) is 3. The van der Waals surface area contributed by atoms with E-state index in [2.05, 4.69) is 4.74 Å². The van der Waals surface area contributed by atoms with Crippen LogP contribution >= 0.6 is 11.6 Å². The van der Waals surface area contributed by atoms with Crippen molar-refractivity contribution in [3.63, 3.8) is 0 Å². The second-order valence-corrected chi connectivity index (χ2v) is 3.40. The maximum absolute atomic E-state index is 13.3. The first-order chi connectivity index (χ1) is 7.04. The highest BCUT2D eigenvalue weighted by Crippen LogP contribution is 2.23. The minimum atomic E-state index is -1.21. The summed E-state index contributed by atoms with van der Waals surface area (Å²) in [6, 6.07) is 3.86. The Bertz CT molecular complexity index is 368. The van der Waals surface area contributed by atoms with Crippen LogP contribution in [-0.2, 0) is 9.53 Å². The Morgan fingerprint density at radius 3 is 2.87 bits per heavy atom. The number of ether oxygens (including phenoxy) is 1. The highest BCUT2D eigenvalue weighted by atomic mass is 35.5. The van der Waals surface area contributed by atoms with E-state index in [0.29, 0.717) is 0 Å². The van der Waals surface area contributed by atoms with Gasteiger partial charge < -0.3 is 9.84 Å². The molecule has 0 heterocycles. The summed E-state index contributed by atoms with van der Waals surface area (Å²) in [5.74, 6) is -1.24. The molecular weight excluding hydrogens is 223 g/mol. The van der Waals surface area contributed by atoms with E-state index in [4.69, 9.17) is 11.6 Å². The van der Waals surface area contributed by atoms with Gasteiger partial charge in [-0.15, -0.1) is 0 Å². The van der Waals surface area contributed by atoms with Crippen LogP contribution in [0.15, 0.2) is 18.2 Å². The van der Waals surface area contributed by atoms with Crippen molar-refractivity contribution in [1.29, 1.82) is 0 Å². The molecule has 0 radical (unpaired) electrons. The van der Waals surface area contributed by atoms with E-state index in [1.54, 1.807) is 0 Å². The predicted octanol–water partition coefficient (Wildman–Crippen LogP) is 2.08. The van der Waals surface area contributed by atoms with E-state index < -0.39 is 17.9 Å². The molecule has 0 aliphatic rings. The van der Waals surface area contributed by atoms with Crippen LogP contribution in [0.1, 0.15) is 18.1 Å². The molecule has 0 bridgehead atoms. The summed E-state index contributed by atoms with van der Waals surface area (Å²) in [5, 5.41) is 9.75. The summed E-state index contributed by atoms with van der Waals surface area (Å²) < 4.78 is 17.6.